The molecular weight excluding hydrogens is 511 g/mol. The first kappa shape index (κ1) is 26.2. The molecule has 3 N–H and O–H groups in total. The summed E-state index contributed by atoms with van der Waals surface area (Å²) in [4.78, 5) is 22.9. The van der Waals surface area contributed by atoms with Gasteiger partial charge in [-0.3, -0.25) is 4.79 Å². The number of carbonyl (C=O) groups excluding carboxylic acids is 1. The van der Waals surface area contributed by atoms with Gasteiger partial charge in [-0.15, -0.1) is 11.3 Å². The number of alkyl halides is 3. The lowest BCUT2D eigenvalue weighted by Gasteiger charge is -2.37. The van der Waals surface area contributed by atoms with Crippen molar-refractivity contribution in [2.45, 2.75) is 57.3 Å². The van der Waals surface area contributed by atoms with Crippen LogP contribution in [0.15, 0.2) is 35.7 Å². The molecule has 0 spiro atoms. The number of nitrogen functional groups attached to an aromatic ring is 1. The van der Waals surface area contributed by atoms with Crippen molar-refractivity contribution < 1.29 is 18.0 Å². The average molecular weight is 538 g/mol. The predicted octanol–water partition coefficient (Wildman–Crippen LogP) is 6.30. The van der Waals surface area contributed by atoms with Crippen LogP contribution in [0.2, 0.25) is 5.02 Å². The third-order valence-corrected chi connectivity index (χ3v) is 7.36. The molecule has 6 nitrogen and oxygen atoms in total. The summed E-state index contributed by atoms with van der Waals surface area (Å²) in [5.74, 6) is -0.191. The minimum absolute atomic E-state index is 0.00723. The van der Waals surface area contributed by atoms with E-state index >= 15 is 0 Å². The molecule has 1 fully saturated rings. The number of anilines is 2. The Morgan fingerprint density at radius 3 is 2.58 bits per heavy atom. The zero-order valence-electron chi connectivity index (χ0n) is 19.9. The SMILES string of the molecule is CC/C=C(\C(=O)N[C@H]1CC[C@@H](N(C)c2cc(C(F)(F)F)nc3ccc(Cl)cc23)CC1)c1csc(N)n1. The maximum atomic E-state index is 13.5. The zero-order chi connectivity index (χ0) is 26.0. The minimum Gasteiger partial charge on any atom is -0.375 e. The fraction of sp³-hybridized carbons (Fsp3) is 0.400. The van der Waals surface area contributed by atoms with Crippen molar-refractivity contribution in [1.82, 2.24) is 15.3 Å². The van der Waals surface area contributed by atoms with Crippen molar-refractivity contribution >= 4 is 56.1 Å². The molecule has 2 heterocycles. The van der Waals surface area contributed by atoms with Gasteiger partial charge in [0.2, 0.25) is 0 Å². The van der Waals surface area contributed by atoms with Gasteiger partial charge in [-0.2, -0.15) is 13.2 Å². The highest BCUT2D eigenvalue weighted by Crippen LogP contribution is 2.37. The Hall–Kier alpha value is -2.85. The van der Waals surface area contributed by atoms with E-state index < -0.39 is 11.9 Å². The summed E-state index contributed by atoms with van der Waals surface area (Å²) in [7, 11) is 1.80. The number of hydrogen-bond donors (Lipinski definition) is 2. The molecule has 0 saturated heterocycles. The second-order valence-electron chi connectivity index (χ2n) is 8.87. The van der Waals surface area contributed by atoms with E-state index in [1.807, 2.05) is 17.9 Å². The van der Waals surface area contributed by atoms with E-state index in [-0.39, 0.29) is 23.5 Å². The number of aromatic nitrogens is 2. The van der Waals surface area contributed by atoms with Crippen LogP contribution in [0.1, 0.15) is 50.4 Å². The molecule has 0 unspecified atom stereocenters. The summed E-state index contributed by atoms with van der Waals surface area (Å²) in [6, 6.07) is 5.76. The van der Waals surface area contributed by atoms with Crippen LogP contribution in [0, 0.1) is 0 Å². The van der Waals surface area contributed by atoms with E-state index in [1.54, 1.807) is 18.5 Å². The average Bonchev–Trinajstić information content (AvgIpc) is 3.27. The molecule has 1 amide bonds. The van der Waals surface area contributed by atoms with E-state index in [9.17, 15) is 18.0 Å². The molecule has 0 bridgehead atoms. The maximum absolute atomic E-state index is 13.5. The largest absolute Gasteiger partial charge is 0.433 e. The topological polar surface area (TPSA) is 84.1 Å². The van der Waals surface area contributed by atoms with Crippen LogP contribution >= 0.6 is 22.9 Å². The van der Waals surface area contributed by atoms with E-state index in [0.717, 1.165) is 6.07 Å². The lowest BCUT2D eigenvalue weighted by atomic mass is 9.89. The van der Waals surface area contributed by atoms with Gasteiger partial charge in [0.25, 0.3) is 5.91 Å². The predicted molar refractivity (Wildman–Crippen MR) is 139 cm³/mol. The normalized spacial score (nSPS) is 18.9. The number of amides is 1. The van der Waals surface area contributed by atoms with Gasteiger partial charge in [0.05, 0.1) is 16.8 Å². The molecule has 0 atom stereocenters. The van der Waals surface area contributed by atoms with Crippen molar-refractivity contribution in [3.8, 4) is 0 Å². The number of fused-ring (bicyclic) bond motifs is 1. The number of nitrogens with one attached hydrogen (secondary N) is 1. The van der Waals surface area contributed by atoms with Gasteiger partial charge < -0.3 is 16.0 Å². The Kier molecular flexibility index (Phi) is 7.75. The lowest BCUT2D eigenvalue weighted by molar-refractivity contribution is -0.140. The van der Waals surface area contributed by atoms with Gasteiger partial charge in [-0.25, -0.2) is 9.97 Å². The van der Waals surface area contributed by atoms with Crippen LogP contribution in [-0.4, -0.2) is 35.0 Å². The second kappa shape index (κ2) is 10.6. The van der Waals surface area contributed by atoms with Crippen LogP contribution in [0.3, 0.4) is 0 Å². The molecule has 11 heteroatoms. The number of pyridine rings is 1. The Morgan fingerprint density at radius 2 is 1.97 bits per heavy atom. The highest BCUT2D eigenvalue weighted by molar-refractivity contribution is 7.13. The van der Waals surface area contributed by atoms with E-state index in [4.69, 9.17) is 17.3 Å². The number of thiazole rings is 1. The molecule has 4 rings (SSSR count). The molecule has 36 heavy (non-hydrogen) atoms. The third-order valence-electron chi connectivity index (χ3n) is 6.45. The summed E-state index contributed by atoms with van der Waals surface area (Å²) in [6.45, 7) is 1.95. The second-order valence-corrected chi connectivity index (χ2v) is 10.2. The molecule has 1 aliphatic rings. The van der Waals surface area contributed by atoms with Crippen LogP contribution in [0.25, 0.3) is 16.5 Å². The highest BCUT2D eigenvalue weighted by Gasteiger charge is 2.35. The van der Waals surface area contributed by atoms with Gasteiger partial charge in [-0.05, 0) is 56.4 Å². The monoisotopic (exact) mass is 537 g/mol. The summed E-state index contributed by atoms with van der Waals surface area (Å²) >= 11 is 7.43. The Balaban J connectivity index is 1.48. The van der Waals surface area contributed by atoms with E-state index in [0.29, 0.717) is 64.6 Å². The van der Waals surface area contributed by atoms with Gasteiger partial charge in [0.15, 0.2) is 5.13 Å². The number of allylic oxidation sites excluding steroid dienone is 1. The first-order chi connectivity index (χ1) is 17.1. The Labute approximate surface area is 216 Å². The van der Waals surface area contributed by atoms with Gasteiger partial charge in [0.1, 0.15) is 5.69 Å². The minimum atomic E-state index is -4.56. The van der Waals surface area contributed by atoms with Crippen molar-refractivity contribution in [1.29, 1.82) is 0 Å². The van der Waals surface area contributed by atoms with Crippen LogP contribution < -0.4 is 16.0 Å². The summed E-state index contributed by atoms with van der Waals surface area (Å²) in [6.07, 6.45) is 0.789. The van der Waals surface area contributed by atoms with Crippen molar-refractivity contribution in [2.75, 3.05) is 17.7 Å². The number of nitrogens with two attached hydrogens (primary N) is 1. The van der Waals surface area contributed by atoms with Crippen molar-refractivity contribution in [3.05, 3.63) is 52.1 Å². The molecule has 2 aromatic heterocycles. The van der Waals surface area contributed by atoms with Gasteiger partial charge in [-0.1, -0.05) is 24.6 Å². The first-order valence-electron chi connectivity index (χ1n) is 11.7. The zero-order valence-corrected chi connectivity index (χ0v) is 21.5. The molecule has 0 radical (unpaired) electrons. The summed E-state index contributed by atoms with van der Waals surface area (Å²) in [5.41, 5.74) is 6.56. The molecule has 1 aliphatic carbocycles. The van der Waals surface area contributed by atoms with E-state index in [1.165, 1.54) is 23.5 Å². The fourth-order valence-electron chi connectivity index (χ4n) is 4.61. The van der Waals surface area contributed by atoms with Crippen molar-refractivity contribution in [2.24, 2.45) is 0 Å². The lowest BCUT2D eigenvalue weighted by Crippen LogP contribution is -2.43. The van der Waals surface area contributed by atoms with Gasteiger partial charge >= 0.3 is 6.18 Å². The number of nitrogens with zero attached hydrogens (tertiary/aromatic N) is 3. The molecule has 192 valence electrons. The fourth-order valence-corrected chi connectivity index (χ4v) is 5.35. The first-order valence-corrected chi connectivity index (χ1v) is 12.9. The summed E-state index contributed by atoms with van der Waals surface area (Å²) in [5, 5.41) is 6.28. The standard InChI is InChI=1S/C25H27ClF3N5OS/c1-3-4-17(20-13-36-24(30)33-20)23(35)31-15-6-8-16(9-7-15)34(2)21-12-22(25(27,28)29)32-19-10-5-14(26)11-18(19)21/h4-5,10-13,15-16H,3,6-9H2,1-2H3,(H2,30,33)(H,31,35)/b17-4-/t15-,16+. The maximum Gasteiger partial charge on any atom is 0.433 e. The van der Waals surface area contributed by atoms with Crippen LogP contribution in [0.4, 0.5) is 24.0 Å². The summed E-state index contributed by atoms with van der Waals surface area (Å²) < 4.78 is 40.6. The highest BCUT2D eigenvalue weighted by atomic mass is 35.5. The molecule has 0 aliphatic heterocycles. The molecule has 1 saturated carbocycles. The number of carbonyl (C=O) groups is 1. The molecule has 3 aromatic rings. The smallest absolute Gasteiger partial charge is 0.375 e. The molecular formula is C25H27ClF3N5OS. The number of halogens is 4. The third kappa shape index (κ3) is 5.75. The number of benzene rings is 1. The number of rotatable bonds is 6. The van der Waals surface area contributed by atoms with Crippen LogP contribution in [0.5, 0.6) is 0 Å². The van der Waals surface area contributed by atoms with Crippen LogP contribution in [-0.2, 0) is 11.0 Å². The quantitative estimate of drug-likeness (QED) is 0.360. The van der Waals surface area contributed by atoms with E-state index in [2.05, 4.69) is 15.3 Å². The molecule has 1 aromatic carbocycles. The van der Waals surface area contributed by atoms with Gasteiger partial charge in [0, 0.05) is 40.6 Å². The van der Waals surface area contributed by atoms with Crippen molar-refractivity contribution in [3.63, 3.8) is 0 Å². The Morgan fingerprint density at radius 1 is 1.25 bits per heavy atom. The Bertz CT molecular complexity index is 1280. The number of hydrogen-bond acceptors (Lipinski definition) is 6.